The lowest BCUT2D eigenvalue weighted by molar-refractivity contribution is -0.148. The zero-order valence-electron chi connectivity index (χ0n) is 14.8. The number of nitrogens with zero attached hydrogens (tertiary/aromatic N) is 3. The van der Waals surface area contributed by atoms with Gasteiger partial charge in [-0.3, -0.25) is 19.6 Å². The number of carbonyl (C=O) groups is 2. The fourth-order valence-electron chi connectivity index (χ4n) is 2.88. The van der Waals surface area contributed by atoms with Gasteiger partial charge in [0.25, 0.3) is 0 Å². The van der Waals surface area contributed by atoms with Crippen LogP contribution >= 0.6 is 0 Å². The van der Waals surface area contributed by atoms with Gasteiger partial charge in [0.15, 0.2) is 0 Å². The second-order valence-corrected chi connectivity index (χ2v) is 5.87. The molecule has 0 aliphatic carbocycles. The van der Waals surface area contributed by atoms with Gasteiger partial charge in [0.05, 0.1) is 20.3 Å². The summed E-state index contributed by atoms with van der Waals surface area (Å²) in [6, 6.07) is 3.23. The summed E-state index contributed by atoms with van der Waals surface area (Å²) in [6.45, 7) is 4.16. The van der Waals surface area contributed by atoms with Crippen LogP contribution < -0.4 is 5.32 Å². The van der Waals surface area contributed by atoms with Gasteiger partial charge >= 0.3 is 5.97 Å². The second kappa shape index (κ2) is 10.1. The van der Waals surface area contributed by atoms with E-state index >= 15 is 0 Å². The van der Waals surface area contributed by atoms with Crippen LogP contribution in [0.2, 0.25) is 0 Å². The van der Waals surface area contributed by atoms with E-state index in [2.05, 4.69) is 20.1 Å². The molecule has 0 saturated carbocycles. The minimum Gasteiger partial charge on any atom is -0.468 e. The number of hydrogen-bond acceptors (Lipinski definition) is 7. The predicted octanol–water partition coefficient (Wildman–Crippen LogP) is -0.324. The van der Waals surface area contributed by atoms with Crippen LogP contribution in [0.25, 0.3) is 0 Å². The molecule has 2 rings (SSSR count). The van der Waals surface area contributed by atoms with Crippen LogP contribution in [0.5, 0.6) is 0 Å². The second-order valence-electron chi connectivity index (χ2n) is 5.87. The van der Waals surface area contributed by atoms with Crippen molar-refractivity contribution in [2.24, 2.45) is 0 Å². The summed E-state index contributed by atoms with van der Waals surface area (Å²) < 4.78 is 9.88. The standard InChI is InChI=1S/C17H26N4O4/c1-24-11-6-19-15(22)13-20-7-9-21(10-8-20)16(17(23)25-2)14-4-3-5-18-12-14/h3-5,12,16H,6-11,13H2,1-2H3,(H,19,22). The summed E-state index contributed by atoms with van der Waals surface area (Å²) in [5.74, 6) is -0.305. The third-order valence-electron chi connectivity index (χ3n) is 4.19. The molecule has 25 heavy (non-hydrogen) atoms. The number of esters is 1. The van der Waals surface area contributed by atoms with Gasteiger partial charge in [0.1, 0.15) is 6.04 Å². The maximum absolute atomic E-state index is 12.2. The van der Waals surface area contributed by atoms with Gasteiger partial charge in [-0.05, 0) is 11.6 Å². The first kappa shape index (κ1) is 19.3. The van der Waals surface area contributed by atoms with Gasteiger partial charge in [0.2, 0.25) is 5.91 Å². The van der Waals surface area contributed by atoms with E-state index in [0.717, 1.165) is 5.56 Å². The molecule has 1 fully saturated rings. The number of aromatic nitrogens is 1. The highest BCUT2D eigenvalue weighted by Gasteiger charge is 2.31. The van der Waals surface area contributed by atoms with Crippen LogP contribution in [0.1, 0.15) is 11.6 Å². The molecule has 1 aromatic rings. The fraction of sp³-hybridized carbons (Fsp3) is 0.588. The molecule has 138 valence electrons. The number of amides is 1. The van der Waals surface area contributed by atoms with Crippen molar-refractivity contribution in [1.29, 1.82) is 0 Å². The zero-order valence-corrected chi connectivity index (χ0v) is 14.8. The maximum atomic E-state index is 12.2. The van der Waals surface area contributed by atoms with Gasteiger partial charge in [-0.15, -0.1) is 0 Å². The van der Waals surface area contributed by atoms with Gasteiger partial charge < -0.3 is 14.8 Å². The van der Waals surface area contributed by atoms with Crippen molar-refractivity contribution in [2.75, 3.05) is 60.1 Å². The molecule has 2 heterocycles. The summed E-state index contributed by atoms with van der Waals surface area (Å²) in [7, 11) is 3.00. The lowest BCUT2D eigenvalue weighted by Crippen LogP contribution is -2.51. The Kier molecular flexibility index (Phi) is 7.77. The lowest BCUT2D eigenvalue weighted by atomic mass is 10.1. The highest BCUT2D eigenvalue weighted by atomic mass is 16.5. The number of methoxy groups -OCH3 is 2. The van der Waals surface area contributed by atoms with Crippen molar-refractivity contribution in [3.63, 3.8) is 0 Å². The van der Waals surface area contributed by atoms with Gasteiger partial charge in [0, 0.05) is 52.2 Å². The van der Waals surface area contributed by atoms with Crippen molar-refractivity contribution in [3.05, 3.63) is 30.1 Å². The number of hydrogen-bond donors (Lipinski definition) is 1. The Labute approximate surface area is 148 Å². The Bertz CT molecular complexity index is 547. The SMILES string of the molecule is COCCNC(=O)CN1CCN(C(C(=O)OC)c2cccnc2)CC1. The smallest absolute Gasteiger partial charge is 0.327 e. The molecule has 1 amide bonds. The normalized spacial score (nSPS) is 17.0. The van der Waals surface area contributed by atoms with Crippen molar-refractivity contribution < 1.29 is 19.1 Å². The van der Waals surface area contributed by atoms with Crippen LogP contribution in [0, 0.1) is 0 Å². The van der Waals surface area contributed by atoms with Gasteiger partial charge in [-0.1, -0.05) is 6.07 Å². The average molecular weight is 350 g/mol. The van der Waals surface area contributed by atoms with Crippen molar-refractivity contribution >= 4 is 11.9 Å². The predicted molar refractivity (Wildman–Crippen MR) is 91.9 cm³/mol. The molecule has 1 saturated heterocycles. The minimum atomic E-state index is -0.462. The Morgan fingerprint density at radius 3 is 2.64 bits per heavy atom. The highest BCUT2D eigenvalue weighted by molar-refractivity contribution is 5.78. The summed E-state index contributed by atoms with van der Waals surface area (Å²) >= 11 is 0. The summed E-state index contributed by atoms with van der Waals surface area (Å²) in [6.07, 6.45) is 3.37. The Hall–Kier alpha value is -2.03. The third-order valence-corrected chi connectivity index (χ3v) is 4.19. The quantitative estimate of drug-likeness (QED) is 0.508. The zero-order chi connectivity index (χ0) is 18.1. The molecule has 0 radical (unpaired) electrons. The molecule has 8 nitrogen and oxygen atoms in total. The molecule has 8 heteroatoms. The van der Waals surface area contributed by atoms with E-state index in [4.69, 9.17) is 9.47 Å². The summed E-state index contributed by atoms with van der Waals surface area (Å²) in [5, 5.41) is 2.82. The largest absolute Gasteiger partial charge is 0.468 e. The van der Waals surface area contributed by atoms with Crippen molar-refractivity contribution in [3.8, 4) is 0 Å². The molecule has 1 N–H and O–H groups in total. The first-order valence-corrected chi connectivity index (χ1v) is 8.35. The number of pyridine rings is 1. The highest BCUT2D eigenvalue weighted by Crippen LogP contribution is 2.22. The minimum absolute atomic E-state index is 0.0118. The number of nitrogens with one attached hydrogen (secondary N) is 1. The molecule has 1 aliphatic heterocycles. The van der Waals surface area contributed by atoms with E-state index < -0.39 is 6.04 Å². The van der Waals surface area contributed by atoms with E-state index in [0.29, 0.717) is 45.9 Å². The number of ether oxygens (including phenoxy) is 2. The Morgan fingerprint density at radius 1 is 1.28 bits per heavy atom. The molecule has 0 spiro atoms. The third kappa shape index (κ3) is 5.77. The molecule has 0 bridgehead atoms. The van der Waals surface area contributed by atoms with Gasteiger partial charge in [-0.2, -0.15) is 0 Å². The van der Waals surface area contributed by atoms with Gasteiger partial charge in [-0.25, -0.2) is 4.79 Å². The Morgan fingerprint density at radius 2 is 2.04 bits per heavy atom. The first-order chi connectivity index (χ1) is 12.2. The number of piperazine rings is 1. The fourth-order valence-corrected chi connectivity index (χ4v) is 2.88. The van der Waals surface area contributed by atoms with E-state index in [-0.39, 0.29) is 11.9 Å². The van der Waals surface area contributed by atoms with Crippen LogP contribution in [0.4, 0.5) is 0 Å². The Balaban J connectivity index is 1.88. The molecular formula is C17H26N4O4. The van der Waals surface area contributed by atoms with Crippen molar-refractivity contribution in [2.45, 2.75) is 6.04 Å². The monoisotopic (exact) mass is 350 g/mol. The molecule has 0 aromatic carbocycles. The van der Waals surface area contributed by atoms with E-state index in [9.17, 15) is 9.59 Å². The van der Waals surface area contributed by atoms with E-state index in [1.165, 1.54) is 7.11 Å². The summed E-state index contributed by atoms with van der Waals surface area (Å²) in [4.78, 5) is 32.4. The van der Waals surface area contributed by atoms with Crippen molar-refractivity contribution in [1.82, 2.24) is 20.1 Å². The lowest BCUT2D eigenvalue weighted by Gasteiger charge is -2.37. The molecule has 1 unspecified atom stereocenters. The number of carbonyl (C=O) groups excluding carboxylic acids is 2. The molecular weight excluding hydrogens is 324 g/mol. The van der Waals surface area contributed by atoms with Crippen LogP contribution in [-0.2, 0) is 19.1 Å². The van der Waals surface area contributed by atoms with Crippen LogP contribution in [0.3, 0.4) is 0 Å². The molecule has 1 aliphatic rings. The topological polar surface area (TPSA) is 84.0 Å². The summed E-state index contributed by atoms with van der Waals surface area (Å²) in [5.41, 5.74) is 0.820. The van der Waals surface area contributed by atoms with Crippen LogP contribution in [0.15, 0.2) is 24.5 Å². The number of rotatable bonds is 8. The molecule has 1 aromatic heterocycles. The first-order valence-electron chi connectivity index (χ1n) is 8.35. The van der Waals surface area contributed by atoms with E-state index in [1.54, 1.807) is 19.5 Å². The van der Waals surface area contributed by atoms with Crippen LogP contribution in [-0.4, -0.2) is 86.8 Å². The maximum Gasteiger partial charge on any atom is 0.327 e. The molecule has 1 atom stereocenters. The average Bonchev–Trinajstić information content (AvgIpc) is 2.64. The van der Waals surface area contributed by atoms with E-state index in [1.807, 2.05) is 12.1 Å².